The summed E-state index contributed by atoms with van der Waals surface area (Å²) in [7, 11) is 0. The van der Waals surface area contributed by atoms with Crippen molar-refractivity contribution in [3.8, 4) is 0 Å². The number of nitrogens with zero attached hydrogens (tertiary/aromatic N) is 3. The number of nitrogens with one attached hydrogen (secondary N) is 3. The van der Waals surface area contributed by atoms with Crippen molar-refractivity contribution < 1.29 is 4.79 Å². The molecule has 7 heteroatoms. The predicted octanol–water partition coefficient (Wildman–Crippen LogP) is 1.69. The Morgan fingerprint density at radius 1 is 1.16 bits per heavy atom. The number of amides is 1. The summed E-state index contributed by atoms with van der Waals surface area (Å²) >= 11 is 0. The number of hydrogen-bond acceptors (Lipinski definition) is 4. The Morgan fingerprint density at radius 3 is 2.32 bits per heavy atom. The van der Waals surface area contributed by atoms with E-state index in [9.17, 15) is 4.79 Å². The summed E-state index contributed by atoms with van der Waals surface area (Å²) in [5, 5.41) is 16.2. The molecule has 0 saturated carbocycles. The van der Waals surface area contributed by atoms with Crippen molar-refractivity contribution in [2.45, 2.75) is 40.0 Å². The van der Waals surface area contributed by atoms with Gasteiger partial charge in [0.2, 0.25) is 5.82 Å². The lowest BCUT2D eigenvalue weighted by atomic mass is 9.96. The van der Waals surface area contributed by atoms with Gasteiger partial charge in [-0.25, -0.2) is 4.98 Å². The summed E-state index contributed by atoms with van der Waals surface area (Å²) in [6.07, 6.45) is 0. The Hall–Kier alpha value is -2.18. The lowest BCUT2D eigenvalue weighted by Crippen LogP contribution is -2.16. The molecule has 0 aliphatic carbocycles. The second-order valence-corrected chi connectivity index (χ2v) is 5.53. The summed E-state index contributed by atoms with van der Waals surface area (Å²) < 4.78 is 0. The van der Waals surface area contributed by atoms with Crippen LogP contribution in [0.1, 0.15) is 48.5 Å². The minimum absolute atomic E-state index is 0.116. The van der Waals surface area contributed by atoms with Gasteiger partial charge in [0.15, 0.2) is 5.82 Å². The number of aromatic amines is 2. The maximum Gasteiger partial charge on any atom is 0.296 e. The minimum Gasteiger partial charge on any atom is -0.302 e. The van der Waals surface area contributed by atoms with Crippen LogP contribution in [-0.4, -0.2) is 31.3 Å². The highest BCUT2D eigenvalue weighted by Crippen LogP contribution is 2.18. The Bertz CT molecular complexity index is 604. The molecule has 102 valence electrons. The molecule has 0 bridgehead atoms. The first-order chi connectivity index (χ1) is 8.79. The molecule has 3 N–H and O–H groups in total. The third-order valence-electron chi connectivity index (χ3n) is 2.88. The van der Waals surface area contributed by atoms with E-state index in [1.54, 1.807) is 0 Å². The van der Waals surface area contributed by atoms with Crippen LogP contribution in [-0.2, 0) is 5.41 Å². The molecule has 0 atom stereocenters. The topological polar surface area (TPSA) is 99.4 Å². The van der Waals surface area contributed by atoms with Crippen molar-refractivity contribution in [3.05, 3.63) is 22.9 Å². The Kier molecular flexibility index (Phi) is 3.13. The lowest BCUT2D eigenvalue weighted by Gasteiger charge is -2.12. The second-order valence-electron chi connectivity index (χ2n) is 5.53. The van der Waals surface area contributed by atoms with Crippen LogP contribution in [0.3, 0.4) is 0 Å². The fourth-order valence-corrected chi connectivity index (χ4v) is 1.47. The van der Waals surface area contributed by atoms with Gasteiger partial charge >= 0.3 is 0 Å². The smallest absolute Gasteiger partial charge is 0.296 e. The fourth-order valence-electron chi connectivity index (χ4n) is 1.47. The van der Waals surface area contributed by atoms with Crippen LogP contribution in [0.25, 0.3) is 0 Å². The van der Waals surface area contributed by atoms with Gasteiger partial charge in [0.25, 0.3) is 5.91 Å². The SMILES string of the molecule is Cc1[nH]nc(NC(=O)c2n[nH]c(C(C)(C)C)n2)c1C. The van der Waals surface area contributed by atoms with Crippen LogP contribution in [0.15, 0.2) is 0 Å². The number of carbonyl (C=O) groups excluding carboxylic acids is 1. The zero-order valence-electron chi connectivity index (χ0n) is 11.7. The van der Waals surface area contributed by atoms with Crippen molar-refractivity contribution in [1.29, 1.82) is 0 Å². The Balaban J connectivity index is 2.17. The van der Waals surface area contributed by atoms with Crippen LogP contribution in [0.4, 0.5) is 5.82 Å². The van der Waals surface area contributed by atoms with Gasteiger partial charge in [-0.15, -0.1) is 5.10 Å². The highest BCUT2D eigenvalue weighted by molar-refractivity contribution is 6.01. The van der Waals surface area contributed by atoms with Crippen LogP contribution in [0.5, 0.6) is 0 Å². The van der Waals surface area contributed by atoms with Crippen LogP contribution < -0.4 is 5.32 Å². The highest BCUT2D eigenvalue weighted by atomic mass is 16.2. The number of hydrogen-bond donors (Lipinski definition) is 3. The largest absolute Gasteiger partial charge is 0.302 e. The van der Waals surface area contributed by atoms with Gasteiger partial charge in [-0.2, -0.15) is 5.10 Å². The number of carbonyl (C=O) groups is 1. The van der Waals surface area contributed by atoms with Gasteiger partial charge in [0, 0.05) is 16.7 Å². The second kappa shape index (κ2) is 4.49. The highest BCUT2D eigenvalue weighted by Gasteiger charge is 2.22. The summed E-state index contributed by atoms with van der Waals surface area (Å²) in [5.74, 6) is 0.920. The third-order valence-corrected chi connectivity index (χ3v) is 2.88. The number of aromatic nitrogens is 5. The molecule has 7 nitrogen and oxygen atoms in total. The van der Waals surface area contributed by atoms with E-state index >= 15 is 0 Å². The van der Waals surface area contributed by atoms with Crippen molar-refractivity contribution in [3.63, 3.8) is 0 Å². The Morgan fingerprint density at radius 2 is 1.84 bits per heavy atom. The van der Waals surface area contributed by atoms with Crippen LogP contribution in [0, 0.1) is 13.8 Å². The molecule has 0 aromatic carbocycles. The molecule has 1 amide bonds. The molecule has 0 aliphatic rings. The van der Waals surface area contributed by atoms with Gasteiger partial charge in [0.1, 0.15) is 5.82 Å². The molecule has 0 fully saturated rings. The monoisotopic (exact) mass is 262 g/mol. The molecule has 0 saturated heterocycles. The van der Waals surface area contributed by atoms with E-state index in [0.717, 1.165) is 11.3 Å². The molecule has 2 aromatic rings. The summed E-state index contributed by atoms with van der Waals surface area (Å²) in [4.78, 5) is 16.2. The van der Waals surface area contributed by atoms with Gasteiger partial charge in [-0.05, 0) is 13.8 Å². The van der Waals surface area contributed by atoms with Crippen LogP contribution >= 0.6 is 0 Å². The van der Waals surface area contributed by atoms with Crippen LogP contribution in [0.2, 0.25) is 0 Å². The molecule has 0 aliphatic heterocycles. The average Bonchev–Trinajstić information content (AvgIpc) is 2.91. The van der Waals surface area contributed by atoms with E-state index in [1.807, 2.05) is 34.6 Å². The Labute approximate surface area is 111 Å². The van der Waals surface area contributed by atoms with Crippen molar-refractivity contribution >= 4 is 11.7 Å². The van der Waals surface area contributed by atoms with Gasteiger partial charge in [0.05, 0.1) is 0 Å². The number of anilines is 1. The molecule has 2 rings (SSSR count). The molecule has 0 radical (unpaired) electrons. The number of H-pyrrole nitrogens is 2. The summed E-state index contributed by atoms with van der Waals surface area (Å²) in [5.41, 5.74) is 1.64. The van der Waals surface area contributed by atoms with E-state index < -0.39 is 0 Å². The quantitative estimate of drug-likeness (QED) is 0.766. The van der Waals surface area contributed by atoms with E-state index in [0.29, 0.717) is 11.6 Å². The van der Waals surface area contributed by atoms with Crippen molar-refractivity contribution in [2.75, 3.05) is 5.32 Å². The van der Waals surface area contributed by atoms with E-state index in [-0.39, 0.29) is 17.1 Å². The van der Waals surface area contributed by atoms with Gasteiger partial charge in [-0.3, -0.25) is 15.0 Å². The number of aryl methyl sites for hydroxylation is 1. The lowest BCUT2D eigenvalue weighted by molar-refractivity contribution is 0.101. The number of rotatable bonds is 2. The first-order valence-corrected chi connectivity index (χ1v) is 6.05. The first-order valence-electron chi connectivity index (χ1n) is 6.05. The van der Waals surface area contributed by atoms with Gasteiger partial charge < -0.3 is 5.32 Å². The molecule has 0 spiro atoms. The third kappa shape index (κ3) is 2.64. The molecule has 0 unspecified atom stereocenters. The molecule has 2 aromatic heterocycles. The summed E-state index contributed by atoms with van der Waals surface area (Å²) in [6.45, 7) is 9.76. The molecule has 19 heavy (non-hydrogen) atoms. The summed E-state index contributed by atoms with van der Waals surface area (Å²) in [6, 6.07) is 0. The average molecular weight is 262 g/mol. The normalized spacial score (nSPS) is 11.6. The van der Waals surface area contributed by atoms with E-state index in [2.05, 4.69) is 30.7 Å². The maximum absolute atomic E-state index is 12.0. The predicted molar refractivity (Wildman–Crippen MR) is 71.1 cm³/mol. The van der Waals surface area contributed by atoms with E-state index in [4.69, 9.17) is 0 Å². The van der Waals surface area contributed by atoms with Crippen molar-refractivity contribution in [2.24, 2.45) is 0 Å². The maximum atomic E-state index is 12.0. The van der Waals surface area contributed by atoms with Crippen molar-refractivity contribution in [1.82, 2.24) is 25.4 Å². The molecule has 2 heterocycles. The standard InChI is InChI=1S/C12H18N6O/c1-6-7(2)15-16-8(6)13-10(19)9-14-11(18-17-9)12(3,4)5/h1-5H3,(H,14,17,18)(H2,13,15,16,19). The van der Waals surface area contributed by atoms with E-state index in [1.165, 1.54) is 0 Å². The molecular formula is C12H18N6O. The zero-order valence-corrected chi connectivity index (χ0v) is 11.7. The first kappa shape index (κ1) is 13.3. The minimum atomic E-state index is -0.374. The zero-order chi connectivity index (χ0) is 14.2. The fraction of sp³-hybridized carbons (Fsp3) is 0.500. The van der Waals surface area contributed by atoms with Gasteiger partial charge in [-0.1, -0.05) is 20.8 Å². The molecular weight excluding hydrogens is 244 g/mol.